The van der Waals surface area contributed by atoms with Gasteiger partial charge in [0, 0.05) is 191 Å². The van der Waals surface area contributed by atoms with E-state index in [-0.39, 0.29) is 106 Å². The Balaban J connectivity index is 0.000000178. The van der Waals surface area contributed by atoms with Crippen molar-refractivity contribution in [2.45, 2.75) is 25.7 Å². The molecule has 0 spiro atoms. The number of hydrogen-bond donors (Lipinski definition) is 0. The Labute approximate surface area is 915 Å². The molecule has 5 radical (unpaired) electrons. The van der Waals surface area contributed by atoms with Gasteiger partial charge in [-0.1, -0.05) is 163 Å². The molecule has 0 fully saturated rings. The minimum atomic E-state index is -4.35. The summed E-state index contributed by atoms with van der Waals surface area (Å²) in [6.45, 7) is 2.05. The van der Waals surface area contributed by atoms with E-state index in [0.29, 0.717) is 11.4 Å². The molecule has 9 aromatic carbocycles. The largest absolute Gasteiger partial charge is 0.417 e. The van der Waals surface area contributed by atoms with E-state index in [9.17, 15) is 30.7 Å². The summed E-state index contributed by atoms with van der Waals surface area (Å²) in [4.78, 5) is 45.2. The fraction of sp³-hybridized carbons (Fsp3) is 0.0339. The maximum atomic E-state index is 12.6. The molecule has 23 aromatic rings. The van der Waals surface area contributed by atoms with Gasteiger partial charge < -0.3 is 44.9 Å². The first-order valence-corrected chi connectivity index (χ1v) is 46.4. The molecule has 0 N–H and O–H groups in total. The number of fused-ring (bicyclic) bond motifs is 3. The molecule has 14 heterocycles. The number of hydrogen-bond acceptors (Lipinski definition) is 14. The number of pyridine rings is 10. The molecule has 0 saturated heterocycles. The van der Waals surface area contributed by atoms with Crippen molar-refractivity contribution in [3.8, 4) is 98.6 Å². The third-order valence-corrected chi connectivity index (χ3v) is 23.5. The molecule has 0 aliphatic rings. The van der Waals surface area contributed by atoms with E-state index in [1.807, 2.05) is 304 Å². The summed E-state index contributed by atoms with van der Waals surface area (Å²) >= 11 is 6.32. The second-order valence-corrected chi connectivity index (χ2v) is 33.4. The Morgan fingerprint density at radius 2 is 0.569 bits per heavy atom. The van der Waals surface area contributed by atoms with Gasteiger partial charge in [0.15, 0.2) is 0 Å². The van der Waals surface area contributed by atoms with Crippen LogP contribution < -0.4 is 0 Å². The molecule has 0 amide bonds. The number of aryl methyl sites for hydroxylation is 1. The van der Waals surface area contributed by atoms with E-state index in [0.717, 1.165) is 134 Å². The van der Waals surface area contributed by atoms with Crippen molar-refractivity contribution in [1.82, 2.24) is 49.8 Å². The normalized spacial score (nSPS) is 10.1. The minimum Gasteiger partial charge on any atom is -0.318 e. The number of alkyl halides is 6. The van der Waals surface area contributed by atoms with E-state index >= 15 is 0 Å². The van der Waals surface area contributed by atoms with Crippen molar-refractivity contribution in [3.05, 3.63) is 544 Å². The number of nitrogens with zero attached hydrogens (tertiary/aromatic N) is 10. The van der Waals surface area contributed by atoms with Gasteiger partial charge in [0.1, 0.15) is 0 Å². The summed E-state index contributed by atoms with van der Waals surface area (Å²) in [6.07, 6.45) is 8.18. The van der Waals surface area contributed by atoms with Gasteiger partial charge >= 0.3 is 12.4 Å². The number of rotatable bonds is 11. The first-order valence-electron chi connectivity index (χ1n) is 43.1. The van der Waals surface area contributed by atoms with Crippen LogP contribution in [0.25, 0.3) is 129 Å². The molecule has 144 heavy (non-hydrogen) atoms. The summed E-state index contributed by atoms with van der Waals surface area (Å²) in [5, 5.41) is 5.09. The first kappa shape index (κ1) is 114. The molecular weight excluding hydrogens is 2780 g/mol. The Morgan fingerprint density at radius 1 is 0.257 bits per heavy atom. The standard InChI is InChI=1S/C14H7F3NS.2C13H8NS.2C12H10N.C11H7FN.3C11H8N.C10H5F3NS.5Ir/c15-14(16,17)10-5-6-11(18-8-10)13-7-9-3-1-2-4-12(9)19-13;2*1-2-7-12-10(5-1)9-13(15-12)11-6-3-4-8-14-11;1-10-5-7-11(8-6-10)12-4-2-3-9-13-12;1-2-6-11(7-3-1)10-12-8-4-5-9-13-12;12-10-6-4-9(5-7-10)11-3-1-2-8-13-11;3*1-2-6-10(7-3-1)11-8-4-5-9-12-11;11-10(12,13)7-3-4-8(14-6-7)9-2-1-5-15-9;;;;;/h1-6,8H;2*1-8H;2-7,9H,1H3;1-6,8-9H,10H2;1-4,6-8H;3*1-6,8-9H;1,3-6H;;;;;/q10*-1;;;;;. The molecule has 10 nitrogen and oxygen atoms in total. The van der Waals surface area contributed by atoms with Crippen LogP contribution in [0.2, 0.25) is 0 Å². The van der Waals surface area contributed by atoms with Crippen molar-refractivity contribution in [2.24, 2.45) is 0 Å². The molecule has 0 aliphatic heterocycles. The fourth-order valence-corrected chi connectivity index (χ4v) is 16.2. The van der Waals surface area contributed by atoms with Gasteiger partial charge in [-0.3, -0.25) is 9.37 Å². The molecule has 23 rings (SSSR count). The summed E-state index contributed by atoms with van der Waals surface area (Å²) in [6, 6.07) is 151. The van der Waals surface area contributed by atoms with Crippen LogP contribution in [0.5, 0.6) is 0 Å². The molecular formula is C118H79F7Ir5N10S4-10. The fourth-order valence-electron chi connectivity index (χ4n) is 12.6. The number of thiophene rings is 4. The zero-order chi connectivity index (χ0) is 96.3. The van der Waals surface area contributed by atoms with Crippen molar-refractivity contribution in [1.29, 1.82) is 0 Å². The number of aromatic nitrogens is 10. The quantitative estimate of drug-likeness (QED) is 0.0912. The van der Waals surface area contributed by atoms with Gasteiger partial charge in [-0.25, -0.2) is 45.3 Å². The van der Waals surface area contributed by atoms with Crippen LogP contribution in [0.1, 0.15) is 27.9 Å². The summed E-state index contributed by atoms with van der Waals surface area (Å²) < 4.78 is 90.1. The topological polar surface area (TPSA) is 129 Å². The molecule has 0 aliphatic carbocycles. The van der Waals surface area contributed by atoms with E-state index in [4.69, 9.17) is 0 Å². The second kappa shape index (κ2) is 61.1. The van der Waals surface area contributed by atoms with Crippen molar-refractivity contribution in [2.75, 3.05) is 0 Å². The predicted octanol–water partition coefficient (Wildman–Crippen LogP) is 31.6. The maximum absolute atomic E-state index is 12.6. The summed E-state index contributed by atoms with van der Waals surface area (Å²) in [5.41, 5.74) is 14.7. The van der Waals surface area contributed by atoms with Crippen molar-refractivity contribution in [3.63, 3.8) is 0 Å². The molecule has 26 heteroatoms. The van der Waals surface area contributed by atoms with Crippen molar-refractivity contribution >= 4 is 75.6 Å². The Hall–Kier alpha value is -13.2. The molecule has 0 saturated carbocycles. The van der Waals surface area contributed by atoms with Gasteiger partial charge in [0.2, 0.25) is 0 Å². The number of benzene rings is 9. The third-order valence-electron chi connectivity index (χ3n) is 19.4. The maximum Gasteiger partial charge on any atom is 0.417 e. The third kappa shape index (κ3) is 36.9. The number of halogens is 7. The molecule has 729 valence electrons. The predicted molar refractivity (Wildman–Crippen MR) is 548 cm³/mol. The summed E-state index contributed by atoms with van der Waals surface area (Å²) in [7, 11) is 0. The molecule has 0 unspecified atom stereocenters. The SMILES string of the molecule is Cc1c[c-]c(-c2ccccn2)cc1.FC(F)(F)c1ccc(-c2[c-]c3ccccc3s2)nc1.FC(F)(F)c1ccc(-c2[c-]ccs2)nc1.Fc1c[c-]c(-c2ccccn2)cc1.[Ir].[Ir].[Ir].[Ir].[Ir].[c-]1c(-c2ccccn2)sc2ccccc12.[c-]1c(-c2ccccn2)sc2ccccc12.[c-]1ccccc1-c1ccccn1.[c-]1ccccc1-c1ccccn1.[c-]1ccccc1-c1ccccn1.[c-]1ccccc1Cc1ccccn1. The monoisotopic (exact) mass is 2860 g/mol. The van der Waals surface area contributed by atoms with Gasteiger partial charge in [-0.2, -0.15) is 74.4 Å². The van der Waals surface area contributed by atoms with E-state index in [1.54, 1.807) is 71.2 Å². The average Bonchev–Trinajstić information content (AvgIpc) is 1.71. The van der Waals surface area contributed by atoms with Crippen LogP contribution in [-0.2, 0) is 119 Å². The van der Waals surface area contributed by atoms with Crippen LogP contribution in [-0.4, -0.2) is 49.8 Å². The molecule has 0 bridgehead atoms. The zero-order valence-corrected chi connectivity index (χ0v) is 91.1. The summed E-state index contributed by atoms with van der Waals surface area (Å²) in [5.74, 6) is -0.278. The van der Waals surface area contributed by atoms with Gasteiger partial charge in [0.25, 0.3) is 0 Å². The second-order valence-electron chi connectivity index (χ2n) is 29.3. The Morgan fingerprint density at radius 3 is 0.847 bits per heavy atom. The Bertz CT molecular complexity index is 6830. The Kier molecular flexibility index (Phi) is 48.5. The van der Waals surface area contributed by atoms with Crippen LogP contribution in [0.4, 0.5) is 30.7 Å². The molecule has 0 atom stereocenters. The minimum absolute atomic E-state index is 0. The van der Waals surface area contributed by atoms with Crippen LogP contribution in [0, 0.1) is 73.4 Å². The van der Waals surface area contributed by atoms with Crippen LogP contribution >= 0.6 is 45.3 Å². The van der Waals surface area contributed by atoms with Crippen molar-refractivity contribution < 1.29 is 131 Å². The molecule has 14 aromatic heterocycles. The van der Waals surface area contributed by atoms with Gasteiger partial charge in [-0.05, 0) is 124 Å². The van der Waals surface area contributed by atoms with E-state index in [2.05, 4.69) is 166 Å². The zero-order valence-electron chi connectivity index (χ0n) is 75.8. The average molecular weight is 2860 g/mol. The van der Waals surface area contributed by atoms with Crippen LogP contribution in [0.3, 0.4) is 0 Å². The van der Waals surface area contributed by atoms with E-state index in [1.165, 1.54) is 78.2 Å². The smallest absolute Gasteiger partial charge is 0.318 e. The van der Waals surface area contributed by atoms with Gasteiger partial charge in [-0.15, -0.1) is 249 Å². The van der Waals surface area contributed by atoms with Crippen LogP contribution in [0.15, 0.2) is 450 Å². The van der Waals surface area contributed by atoms with Gasteiger partial charge in [0.05, 0.1) is 11.1 Å². The van der Waals surface area contributed by atoms with E-state index < -0.39 is 23.5 Å². The first-order chi connectivity index (χ1) is 68.0.